The van der Waals surface area contributed by atoms with Gasteiger partial charge in [0.1, 0.15) is 0 Å². The Kier molecular flexibility index (Phi) is 11.7. The van der Waals surface area contributed by atoms with Crippen LogP contribution in [0.2, 0.25) is 6.04 Å². The maximum absolute atomic E-state index is 5.83. The highest BCUT2D eigenvalue weighted by molar-refractivity contribution is 6.60. The Bertz CT molecular complexity index is 337. The van der Waals surface area contributed by atoms with E-state index in [1.54, 1.807) is 0 Å². The standard InChI is InChI=1S/C15H27NO3Si.ClH/c1-4-17-20(18-5-2,19-6-3)14-10-13-16-15-11-8-7-9-12-15;/h7-9,11-12,16H,4-6,10,13-14H2,1-3H3;1H. The van der Waals surface area contributed by atoms with E-state index in [1.807, 2.05) is 39.0 Å². The van der Waals surface area contributed by atoms with Gasteiger partial charge in [0.15, 0.2) is 0 Å². The van der Waals surface area contributed by atoms with E-state index < -0.39 is 8.80 Å². The maximum Gasteiger partial charge on any atom is 0.500 e. The number of halogens is 1. The lowest BCUT2D eigenvalue weighted by atomic mass is 10.3. The molecule has 0 amide bonds. The molecule has 0 aromatic heterocycles. The largest absolute Gasteiger partial charge is 0.500 e. The molecule has 1 aromatic carbocycles. The highest BCUT2D eigenvalue weighted by atomic mass is 35.5. The number of nitrogens with one attached hydrogen (secondary N) is 1. The average Bonchev–Trinajstić information content (AvgIpc) is 2.46. The van der Waals surface area contributed by atoms with E-state index in [1.165, 1.54) is 0 Å². The average molecular weight is 334 g/mol. The molecule has 1 rings (SSSR count). The van der Waals surface area contributed by atoms with Crippen molar-refractivity contribution in [2.45, 2.75) is 33.2 Å². The summed E-state index contributed by atoms with van der Waals surface area (Å²) in [6.45, 7) is 8.77. The molecule has 1 N–H and O–H groups in total. The Hall–Kier alpha value is -0.593. The van der Waals surface area contributed by atoms with Gasteiger partial charge in [0, 0.05) is 38.1 Å². The summed E-state index contributed by atoms with van der Waals surface area (Å²) in [5, 5.41) is 3.40. The molecule has 0 radical (unpaired) electrons. The van der Waals surface area contributed by atoms with Crippen molar-refractivity contribution >= 4 is 26.9 Å². The SMILES string of the molecule is CCO[Si](CCCNc1ccccc1)(OCC)OCC.Cl. The smallest absolute Gasteiger partial charge is 0.385 e. The van der Waals surface area contributed by atoms with Crippen molar-refractivity contribution in [2.75, 3.05) is 31.7 Å². The van der Waals surface area contributed by atoms with Crippen LogP contribution in [0.3, 0.4) is 0 Å². The van der Waals surface area contributed by atoms with Gasteiger partial charge in [0.25, 0.3) is 0 Å². The monoisotopic (exact) mass is 333 g/mol. The topological polar surface area (TPSA) is 39.7 Å². The molecule has 0 aliphatic heterocycles. The molecule has 0 aliphatic carbocycles. The molecule has 1 aromatic rings. The van der Waals surface area contributed by atoms with E-state index in [-0.39, 0.29) is 12.4 Å². The number of para-hydroxylation sites is 1. The summed E-state index contributed by atoms with van der Waals surface area (Å²) in [6, 6.07) is 11.1. The molecule has 0 heterocycles. The summed E-state index contributed by atoms with van der Waals surface area (Å²) in [7, 11) is -2.47. The Morgan fingerprint density at radius 3 is 1.90 bits per heavy atom. The number of hydrogen-bond donors (Lipinski definition) is 1. The van der Waals surface area contributed by atoms with Gasteiger partial charge >= 0.3 is 8.80 Å². The molecule has 0 bridgehead atoms. The van der Waals surface area contributed by atoms with Crippen LogP contribution in [0.1, 0.15) is 27.2 Å². The normalized spacial score (nSPS) is 11.0. The van der Waals surface area contributed by atoms with Crippen molar-refractivity contribution in [3.8, 4) is 0 Å². The zero-order chi connectivity index (χ0) is 14.7. The molecule has 122 valence electrons. The van der Waals surface area contributed by atoms with Crippen molar-refractivity contribution in [3.05, 3.63) is 30.3 Å². The molecule has 0 aliphatic rings. The highest BCUT2D eigenvalue weighted by Crippen LogP contribution is 2.18. The molecule has 0 spiro atoms. The lowest BCUT2D eigenvalue weighted by molar-refractivity contribution is 0.0710. The van der Waals surface area contributed by atoms with Crippen LogP contribution in [-0.2, 0) is 13.3 Å². The fraction of sp³-hybridized carbons (Fsp3) is 0.600. The number of anilines is 1. The molecular weight excluding hydrogens is 306 g/mol. The highest BCUT2D eigenvalue weighted by Gasteiger charge is 2.39. The molecular formula is C15H28ClNO3Si. The lowest BCUT2D eigenvalue weighted by Gasteiger charge is -2.28. The second-order valence-corrected chi connectivity index (χ2v) is 7.11. The minimum absolute atomic E-state index is 0. The fourth-order valence-corrected chi connectivity index (χ4v) is 4.71. The zero-order valence-corrected chi connectivity index (χ0v) is 15.1. The fourth-order valence-electron chi connectivity index (χ4n) is 2.09. The van der Waals surface area contributed by atoms with Crippen LogP contribution in [0, 0.1) is 0 Å². The third-order valence-corrected chi connectivity index (χ3v) is 6.01. The summed E-state index contributed by atoms with van der Waals surface area (Å²) in [5.74, 6) is 0. The molecule has 4 nitrogen and oxygen atoms in total. The summed E-state index contributed by atoms with van der Waals surface area (Å²) in [4.78, 5) is 0. The Balaban J connectivity index is 0.00000400. The summed E-state index contributed by atoms with van der Waals surface area (Å²) in [5.41, 5.74) is 1.14. The van der Waals surface area contributed by atoms with Crippen LogP contribution in [0.4, 0.5) is 5.69 Å². The van der Waals surface area contributed by atoms with E-state index in [4.69, 9.17) is 13.3 Å². The maximum atomic E-state index is 5.83. The van der Waals surface area contributed by atoms with Crippen molar-refractivity contribution in [1.29, 1.82) is 0 Å². The van der Waals surface area contributed by atoms with Crippen LogP contribution in [0.5, 0.6) is 0 Å². The van der Waals surface area contributed by atoms with Gasteiger partial charge in [0.2, 0.25) is 0 Å². The number of hydrogen-bond acceptors (Lipinski definition) is 4. The van der Waals surface area contributed by atoms with Crippen LogP contribution >= 0.6 is 12.4 Å². The van der Waals surface area contributed by atoms with E-state index >= 15 is 0 Å². The van der Waals surface area contributed by atoms with E-state index in [0.29, 0.717) is 19.8 Å². The van der Waals surface area contributed by atoms with Gasteiger partial charge in [-0.25, -0.2) is 0 Å². The third-order valence-electron chi connectivity index (χ3n) is 2.86. The van der Waals surface area contributed by atoms with Gasteiger partial charge in [-0.15, -0.1) is 12.4 Å². The van der Waals surface area contributed by atoms with E-state index in [2.05, 4.69) is 17.4 Å². The molecule has 0 unspecified atom stereocenters. The molecule has 0 atom stereocenters. The van der Waals surface area contributed by atoms with Crippen LogP contribution in [0.25, 0.3) is 0 Å². The first-order chi connectivity index (χ1) is 9.76. The van der Waals surface area contributed by atoms with Crippen molar-refractivity contribution in [3.63, 3.8) is 0 Å². The van der Waals surface area contributed by atoms with Crippen LogP contribution in [0.15, 0.2) is 30.3 Å². The molecule has 21 heavy (non-hydrogen) atoms. The Morgan fingerprint density at radius 1 is 0.905 bits per heavy atom. The minimum atomic E-state index is -2.47. The number of benzene rings is 1. The first-order valence-electron chi connectivity index (χ1n) is 7.47. The van der Waals surface area contributed by atoms with Crippen molar-refractivity contribution in [2.24, 2.45) is 0 Å². The van der Waals surface area contributed by atoms with Crippen molar-refractivity contribution < 1.29 is 13.3 Å². The van der Waals surface area contributed by atoms with Gasteiger partial charge in [-0.05, 0) is 39.3 Å². The Labute approximate surface area is 136 Å². The van der Waals surface area contributed by atoms with Crippen LogP contribution in [-0.4, -0.2) is 35.2 Å². The summed E-state index contributed by atoms with van der Waals surface area (Å²) >= 11 is 0. The van der Waals surface area contributed by atoms with E-state index in [0.717, 1.165) is 24.7 Å². The van der Waals surface area contributed by atoms with Gasteiger partial charge in [-0.2, -0.15) is 0 Å². The first kappa shape index (κ1) is 20.4. The number of rotatable bonds is 11. The quantitative estimate of drug-likeness (QED) is 0.491. The summed E-state index contributed by atoms with van der Waals surface area (Å²) < 4.78 is 17.5. The molecule has 6 heteroatoms. The molecule has 0 saturated carbocycles. The van der Waals surface area contributed by atoms with Gasteiger partial charge < -0.3 is 18.6 Å². The minimum Gasteiger partial charge on any atom is -0.385 e. The lowest BCUT2D eigenvalue weighted by Crippen LogP contribution is -2.46. The van der Waals surface area contributed by atoms with E-state index in [9.17, 15) is 0 Å². The van der Waals surface area contributed by atoms with Gasteiger partial charge in [0.05, 0.1) is 0 Å². The predicted octanol–water partition coefficient (Wildman–Crippen LogP) is 3.96. The molecule has 0 saturated heterocycles. The second-order valence-electron chi connectivity index (χ2n) is 4.38. The van der Waals surface area contributed by atoms with Gasteiger partial charge in [-0.3, -0.25) is 0 Å². The second kappa shape index (κ2) is 12.0. The van der Waals surface area contributed by atoms with Crippen molar-refractivity contribution in [1.82, 2.24) is 0 Å². The predicted molar refractivity (Wildman–Crippen MR) is 92.2 cm³/mol. The third kappa shape index (κ3) is 7.83. The first-order valence-corrected chi connectivity index (χ1v) is 9.40. The Morgan fingerprint density at radius 2 is 1.43 bits per heavy atom. The van der Waals surface area contributed by atoms with Crippen LogP contribution < -0.4 is 5.32 Å². The zero-order valence-electron chi connectivity index (χ0n) is 13.3. The molecule has 0 fully saturated rings. The van der Waals surface area contributed by atoms with Gasteiger partial charge in [-0.1, -0.05) is 18.2 Å². The summed E-state index contributed by atoms with van der Waals surface area (Å²) in [6.07, 6.45) is 0.973.